The third-order valence-corrected chi connectivity index (χ3v) is 2.20. The Kier molecular flexibility index (Phi) is 2.18. The molecule has 1 aliphatic carbocycles. The van der Waals surface area contributed by atoms with Crippen molar-refractivity contribution in [3.8, 4) is 0 Å². The van der Waals surface area contributed by atoms with Gasteiger partial charge >= 0.3 is 11.5 Å². The molecule has 1 aliphatic rings. The van der Waals surface area contributed by atoms with Gasteiger partial charge in [0.05, 0.1) is 5.92 Å². The molecule has 0 aromatic rings. The molecule has 0 spiro atoms. The van der Waals surface area contributed by atoms with Crippen LogP contribution in [0.2, 0.25) is 0 Å². The van der Waals surface area contributed by atoms with Gasteiger partial charge in [-0.05, 0) is 0 Å². The molecule has 0 aliphatic heterocycles. The second-order valence-corrected chi connectivity index (χ2v) is 2.92. The number of nitro groups is 1. The molecule has 0 radical (unpaired) electrons. The molecule has 0 saturated carbocycles. The minimum absolute atomic E-state index is 0.634. The third kappa shape index (κ3) is 1.22. The molecule has 2 atom stereocenters. The molecule has 5 nitrogen and oxygen atoms in total. The van der Waals surface area contributed by atoms with Crippen LogP contribution in [0.25, 0.3) is 0 Å². The number of nitrogens with zero attached hydrogens (tertiary/aromatic N) is 1. The predicted molar refractivity (Wildman–Crippen MR) is 44.8 cm³/mol. The number of carboxylic acid groups (broad SMARTS) is 1. The van der Waals surface area contributed by atoms with Gasteiger partial charge in [0.15, 0.2) is 0 Å². The first-order valence-electron chi connectivity index (χ1n) is 3.75. The van der Waals surface area contributed by atoms with Gasteiger partial charge in [0.25, 0.3) is 0 Å². The molecule has 2 unspecified atom stereocenters. The van der Waals surface area contributed by atoms with E-state index in [-0.39, 0.29) is 0 Å². The molecule has 1 N–H and O–H groups in total. The molecule has 0 saturated heterocycles. The Bertz CT molecular complexity index is 291. The zero-order valence-electron chi connectivity index (χ0n) is 7.01. The Morgan fingerprint density at radius 1 is 1.62 bits per heavy atom. The van der Waals surface area contributed by atoms with Crippen molar-refractivity contribution in [3.63, 3.8) is 0 Å². The molecule has 0 aromatic carbocycles. The highest BCUT2D eigenvalue weighted by Crippen LogP contribution is 2.27. The highest BCUT2D eigenvalue weighted by atomic mass is 16.6. The van der Waals surface area contributed by atoms with Gasteiger partial charge < -0.3 is 5.11 Å². The average molecular weight is 183 g/mol. The molecule has 70 valence electrons. The van der Waals surface area contributed by atoms with E-state index in [1.807, 2.05) is 0 Å². The van der Waals surface area contributed by atoms with Gasteiger partial charge in [-0.1, -0.05) is 25.2 Å². The number of hydrogen-bond donors (Lipinski definition) is 1. The van der Waals surface area contributed by atoms with Crippen LogP contribution in [0.4, 0.5) is 0 Å². The Hall–Kier alpha value is -1.65. The van der Waals surface area contributed by atoms with Gasteiger partial charge in [0, 0.05) is 11.0 Å². The van der Waals surface area contributed by atoms with E-state index in [9.17, 15) is 14.9 Å². The lowest BCUT2D eigenvalue weighted by atomic mass is 9.82. The van der Waals surface area contributed by atoms with Gasteiger partial charge in [-0.3, -0.25) is 10.1 Å². The number of carbonyl (C=O) groups is 1. The Balaban J connectivity index is 3.19. The summed E-state index contributed by atoms with van der Waals surface area (Å²) >= 11 is 0. The van der Waals surface area contributed by atoms with Crippen LogP contribution in [0.1, 0.15) is 6.92 Å². The van der Waals surface area contributed by atoms with Crippen LogP contribution in [0.15, 0.2) is 24.3 Å². The first kappa shape index (κ1) is 9.44. The van der Waals surface area contributed by atoms with Crippen LogP contribution in [-0.4, -0.2) is 21.5 Å². The van der Waals surface area contributed by atoms with E-state index < -0.39 is 22.3 Å². The van der Waals surface area contributed by atoms with Crippen molar-refractivity contribution < 1.29 is 14.8 Å². The maximum atomic E-state index is 10.8. The summed E-state index contributed by atoms with van der Waals surface area (Å²) in [6.07, 6.45) is 5.61. The number of carboxylic acids is 1. The summed E-state index contributed by atoms with van der Waals surface area (Å²) in [7, 11) is 0. The van der Waals surface area contributed by atoms with Crippen LogP contribution in [0.5, 0.6) is 0 Å². The summed E-state index contributed by atoms with van der Waals surface area (Å²) in [5.74, 6) is -2.06. The monoisotopic (exact) mass is 183 g/mol. The zero-order chi connectivity index (χ0) is 10.1. The second kappa shape index (κ2) is 3.01. The van der Waals surface area contributed by atoms with Gasteiger partial charge in [0.1, 0.15) is 0 Å². The number of rotatable bonds is 2. The number of hydrogen-bond acceptors (Lipinski definition) is 3. The molecular weight excluding hydrogens is 174 g/mol. The second-order valence-electron chi connectivity index (χ2n) is 2.92. The summed E-state index contributed by atoms with van der Waals surface area (Å²) in [6.45, 7) is 1.51. The average Bonchev–Trinajstić information content (AvgIpc) is 2.04. The van der Waals surface area contributed by atoms with Crippen LogP contribution >= 0.6 is 0 Å². The lowest BCUT2D eigenvalue weighted by Crippen LogP contribution is -2.50. The molecule has 0 heterocycles. The van der Waals surface area contributed by atoms with E-state index in [4.69, 9.17) is 5.11 Å². The minimum atomic E-state index is -1.99. The molecule has 0 fully saturated rings. The smallest absolute Gasteiger partial charge is 0.387 e. The molecule has 1 rings (SSSR count). The summed E-state index contributed by atoms with van der Waals surface area (Å²) in [5, 5.41) is 19.5. The summed E-state index contributed by atoms with van der Waals surface area (Å²) < 4.78 is 0. The zero-order valence-corrected chi connectivity index (χ0v) is 7.01. The van der Waals surface area contributed by atoms with Crippen molar-refractivity contribution in [2.75, 3.05) is 0 Å². The summed E-state index contributed by atoms with van der Waals surface area (Å²) in [5.41, 5.74) is -1.99. The SMILES string of the molecule is CC1C=CC=CC1(C(=O)O)[N+](=O)[O-]. The molecule has 5 heteroatoms. The fraction of sp³-hybridized carbons (Fsp3) is 0.375. The predicted octanol–water partition coefficient (Wildman–Crippen LogP) is 0.849. The highest BCUT2D eigenvalue weighted by molar-refractivity contribution is 5.81. The van der Waals surface area contributed by atoms with Crippen molar-refractivity contribution in [3.05, 3.63) is 34.4 Å². The highest BCUT2D eigenvalue weighted by Gasteiger charge is 2.53. The normalized spacial score (nSPS) is 31.6. The van der Waals surface area contributed by atoms with E-state index in [0.717, 1.165) is 6.08 Å². The molecule has 13 heavy (non-hydrogen) atoms. The quantitative estimate of drug-likeness (QED) is 0.508. The Labute approximate surface area is 74.5 Å². The van der Waals surface area contributed by atoms with E-state index >= 15 is 0 Å². The minimum Gasteiger partial charge on any atom is -0.476 e. The van der Waals surface area contributed by atoms with Gasteiger partial charge in [0.2, 0.25) is 0 Å². The van der Waals surface area contributed by atoms with Crippen LogP contribution < -0.4 is 0 Å². The maximum absolute atomic E-state index is 10.8. The van der Waals surface area contributed by atoms with Crippen molar-refractivity contribution in [2.45, 2.75) is 12.5 Å². The fourth-order valence-electron chi connectivity index (χ4n) is 1.30. The van der Waals surface area contributed by atoms with E-state index in [0.29, 0.717) is 0 Å². The van der Waals surface area contributed by atoms with Gasteiger partial charge in [-0.25, -0.2) is 4.79 Å². The number of aliphatic carboxylic acids is 1. The summed E-state index contributed by atoms with van der Waals surface area (Å²) in [6, 6.07) is 0. The van der Waals surface area contributed by atoms with Crippen LogP contribution in [-0.2, 0) is 4.79 Å². The lowest BCUT2D eigenvalue weighted by Gasteiger charge is -2.23. The van der Waals surface area contributed by atoms with Crippen molar-refractivity contribution in [1.29, 1.82) is 0 Å². The van der Waals surface area contributed by atoms with Crippen molar-refractivity contribution in [1.82, 2.24) is 0 Å². The third-order valence-electron chi connectivity index (χ3n) is 2.20. The maximum Gasteiger partial charge on any atom is 0.387 e. The Morgan fingerprint density at radius 2 is 2.23 bits per heavy atom. The largest absolute Gasteiger partial charge is 0.476 e. The van der Waals surface area contributed by atoms with Crippen molar-refractivity contribution >= 4 is 5.97 Å². The van der Waals surface area contributed by atoms with E-state index in [1.165, 1.54) is 19.1 Å². The molecular formula is C8H9NO4. The van der Waals surface area contributed by atoms with Crippen LogP contribution in [0, 0.1) is 16.0 Å². The number of allylic oxidation sites excluding steroid dienone is 2. The molecule has 0 aromatic heterocycles. The summed E-state index contributed by atoms with van der Waals surface area (Å²) in [4.78, 5) is 20.7. The topological polar surface area (TPSA) is 80.4 Å². The van der Waals surface area contributed by atoms with E-state index in [2.05, 4.69) is 0 Å². The van der Waals surface area contributed by atoms with E-state index in [1.54, 1.807) is 6.08 Å². The standard InChI is InChI=1S/C8H9NO4/c1-6-4-2-3-5-8(6,7(10)11)9(12)13/h2-6H,1H3,(H,10,11). The van der Waals surface area contributed by atoms with Gasteiger partial charge in [-0.2, -0.15) is 0 Å². The molecule has 0 bridgehead atoms. The first-order valence-corrected chi connectivity index (χ1v) is 3.75. The lowest BCUT2D eigenvalue weighted by molar-refractivity contribution is -0.548. The Morgan fingerprint density at radius 3 is 2.54 bits per heavy atom. The van der Waals surface area contributed by atoms with Crippen molar-refractivity contribution in [2.24, 2.45) is 5.92 Å². The first-order chi connectivity index (χ1) is 6.01. The van der Waals surface area contributed by atoms with Crippen LogP contribution in [0.3, 0.4) is 0 Å². The fourth-order valence-corrected chi connectivity index (χ4v) is 1.30. The molecule has 0 amide bonds. The van der Waals surface area contributed by atoms with Gasteiger partial charge in [-0.15, -0.1) is 0 Å².